The summed E-state index contributed by atoms with van der Waals surface area (Å²) in [5.41, 5.74) is 4.92. The van der Waals surface area contributed by atoms with E-state index in [1.807, 2.05) is 12.1 Å². The molecule has 0 unspecified atom stereocenters. The largest absolute Gasteiger partial charge is 0.493 e. The van der Waals surface area contributed by atoms with Crippen LogP contribution in [0.2, 0.25) is 0 Å². The van der Waals surface area contributed by atoms with Crippen molar-refractivity contribution in [1.29, 1.82) is 0 Å². The number of pyridine rings is 1. The molecule has 1 aromatic carbocycles. The number of nitrogens with zero attached hydrogens (tertiary/aromatic N) is 1. The highest BCUT2D eigenvalue weighted by Crippen LogP contribution is 2.31. The highest BCUT2D eigenvalue weighted by atomic mass is 35.5. The molecule has 1 heterocycles. The van der Waals surface area contributed by atoms with Gasteiger partial charge < -0.3 is 9.47 Å². The molecule has 3 nitrogen and oxygen atoms in total. The number of hydrogen-bond acceptors (Lipinski definition) is 3. The van der Waals surface area contributed by atoms with Gasteiger partial charge in [0.1, 0.15) is 0 Å². The first-order valence-corrected chi connectivity index (χ1v) is 7.87. The quantitative estimate of drug-likeness (QED) is 0.504. The van der Waals surface area contributed by atoms with Crippen molar-refractivity contribution in [2.75, 3.05) is 14.2 Å². The summed E-state index contributed by atoms with van der Waals surface area (Å²) in [5, 5.41) is 1.07. The van der Waals surface area contributed by atoms with Crippen LogP contribution in [0, 0.1) is 0 Å². The number of ether oxygens (including phenoxy) is 2. The molecule has 24 heavy (non-hydrogen) atoms. The minimum absolute atomic E-state index is 0. The molecule has 0 bridgehead atoms. The van der Waals surface area contributed by atoms with Crippen LogP contribution in [0.15, 0.2) is 48.5 Å². The van der Waals surface area contributed by atoms with E-state index >= 15 is 0 Å². The van der Waals surface area contributed by atoms with Gasteiger partial charge in [-0.15, -0.1) is 12.4 Å². The second-order valence-corrected chi connectivity index (χ2v) is 5.53. The summed E-state index contributed by atoms with van der Waals surface area (Å²) in [5.74, 6) is 1.46. The Kier molecular flexibility index (Phi) is 6.04. The number of hydrogen-bond donors (Lipinski definition) is 0. The normalized spacial score (nSPS) is 10.3. The lowest BCUT2D eigenvalue weighted by Crippen LogP contribution is -1.93. The third kappa shape index (κ3) is 3.62. The van der Waals surface area contributed by atoms with Crippen LogP contribution < -0.4 is 9.47 Å². The van der Waals surface area contributed by atoms with Gasteiger partial charge in [0.25, 0.3) is 0 Å². The summed E-state index contributed by atoms with van der Waals surface area (Å²) in [6, 6.07) is 16.5. The first-order chi connectivity index (χ1) is 11.2. The average Bonchev–Trinajstić information content (AvgIpc) is 2.57. The molecule has 2 aromatic rings. The molecule has 4 rings (SSSR count). The van der Waals surface area contributed by atoms with Gasteiger partial charge in [0, 0.05) is 17.1 Å². The predicted molar refractivity (Wildman–Crippen MR) is 102 cm³/mol. The molecule has 0 spiro atoms. The van der Waals surface area contributed by atoms with Gasteiger partial charge >= 0.3 is 0 Å². The monoisotopic (exact) mass is 343 g/mol. The zero-order valence-corrected chi connectivity index (χ0v) is 15.0. The molecule has 0 amide bonds. The lowest BCUT2D eigenvalue weighted by Gasteiger charge is -2.10. The summed E-state index contributed by atoms with van der Waals surface area (Å²) >= 11 is 0. The maximum atomic E-state index is 5.28. The Morgan fingerprint density at radius 3 is 1.88 bits per heavy atom. The van der Waals surface area contributed by atoms with Crippen LogP contribution in [0.3, 0.4) is 0 Å². The zero-order chi connectivity index (χ0) is 16.2. The number of fused-ring (bicyclic) bond motifs is 2. The van der Waals surface area contributed by atoms with Gasteiger partial charge in [-0.1, -0.05) is 43.7 Å². The average molecular weight is 344 g/mol. The van der Waals surface area contributed by atoms with E-state index < -0.39 is 0 Å². The van der Waals surface area contributed by atoms with Gasteiger partial charge in [-0.25, -0.2) is 0 Å². The highest BCUT2D eigenvalue weighted by molar-refractivity contribution is 5.85. The van der Waals surface area contributed by atoms with E-state index in [2.05, 4.69) is 48.3 Å². The fourth-order valence-corrected chi connectivity index (χ4v) is 2.55. The van der Waals surface area contributed by atoms with E-state index in [1.165, 1.54) is 11.1 Å². The fraction of sp³-hybridized carbons (Fsp3) is 0.250. The molecular weight excluding hydrogens is 322 g/mol. The third-order valence-electron chi connectivity index (χ3n) is 3.98. The Labute approximate surface area is 149 Å². The molecule has 0 saturated carbocycles. The lowest BCUT2D eigenvalue weighted by atomic mass is 9.95. The second kappa shape index (κ2) is 8.02. The lowest BCUT2D eigenvalue weighted by molar-refractivity contribution is 0.356. The maximum absolute atomic E-state index is 5.28. The van der Waals surface area contributed by atoms with E-state index in [0.29, 0.717) is 0 Å². The molecule has 0 atom stereocenters. The molecule has 2 aliphatic rings. The summed E-state index contributed by atoms with van der Waals surface area (Å²) in [6.07, 6.45) is 2.11. The van der Waals surface area contributed by atoms with Crippen LogP contribution in [-0.4, -0.2) is 19.2 Å². The Balaban J connectivity index is 0.000000247. The van der Waals surface area contributed by atoms with Gasteiger partial charge in [0.15, 0.2) is 11.5 Å². The molecule has 0 aliphatic heterocycles. The molecule has 126 valence electrons. The van der Waals surface area contributed by atoms with E-state index in [-0.39, 0.29) is 12.4 Å². The molecule has 2 aliphatic carbocycles. The Hall–Kier alpha value is -2.26. The summed E-state index contributed by atoms with van der Waals surface area (Å²) in [4.78, 5) is 4.61. The fourth-order valence-electron chi connectivity index (χ4n) is 2.55. The minimum Gasteiger partial charge on any atom is -0.493 e. The molecule has 0 fully saturated rings. The van der Waals surface area contributed by atoms with E-state index in [0.717, 1.165) is 40.9 Å². The molecular formula is C20H22ClNO2. The van der Waals surface area contributed by atoms with Crippen LogP contribution in [0.5, 0.6) is 11.5 Å². The second-order valence-electron chi connectivity index (χ2n) is 5.53. The van der Waals surface area contributed by atoms with E-state index in [4.69, 9.17) is 9.47 Å². The van der Waals surface area contributed by atoms with Crippen molar-refractivity contribution >= 4 is 23.3 Å². The number of aryl methyl sites for hydroxylation is 1. The standard InChI is InChI=1S/C14H17NO2.C6H4.ClH/c1-4-5-11-7-6-10-8-13(16-2)14(17-3)9-12(10)15-11;1-2-6-4-3-5(1)6;/h6-9H,4-5H2,1-3H3;1-4H;1H. The summed E-state index contributed by atoms with van der Waals surface area (Å²) < 4.78 is 10.5. The maximum Gasteiger partial charge on any atom is 0.162 e. The number of methoxy groups -OCH3 is 2. The van der Waals surface area contributed by atoms with Gasteiger partial charge in [-0.05, 0) is 29.7 Å². The van der Waals surface area contributed by atoms with Gasteiger partial charge in [0.2, 0.25) is 0 Å². The van der Waals surface area contributed by atoms with Crippen LogP contribution in [0.4, 0.5) is 0 Å². The molecule has 0 N–H and O–H groups in total. The van der Waals surface area contributed by atoms with Crippen molar-refractivity contribution in [3.8, 4) is 22.6 Å². The number of benzene rings is 2. The van der Waals surface area contributed by atoms with Crippen LogP contribution in [-0.2, 0) is 6.42 Å². The third-order valence-corrected chi connectivity index (χ3v) is 3.98. The van der Waals surface area contributed by atoms with Crippen molar-refractivity contribution in [2.24, 2.45) is 0 Å². The SMILES string of the molecule is CCCc1ccc2cc(OC)c(OC)cc2n1.Cl.c1cc2ccc1-2. The Morgan fingerprint density at radius 1 is 0.833 bits per heavy atom. The number of rotatable bonds is 4. The van der Waals surface area contributed by atoms with Crippen molar-refractivity contribution in [3.05, 3.63) is 54.2 Å². The zero-order valence-electron chi connectivity index (χ0n) is 14.2. The first-order valence-electron chi connectivity index (χ1n) is 7.87. The van der Waals surface area contributed by atoms with Crippen molar-refractivity contribution < 1.29 is 9.47 Å². The van der Waals surface area contributed by atoms with E-state index in [1.54, 1.807) is 14.2 Å². The van der Waals surface area contributed by atoms with Crippen LogP contribution in [0.1, 0.15) is 19.0 Å². The Morgan fingerprint density at radius 2 is 1.42 bits per heavy atom. The number of halogens is 1. The topological polar surface area (TPSA) is 31.4 Å². The highest BCUT2D eigenvalue weighted by Gasteiger charge is 2.07. The van der Waals surface area contributed by atoms with Crippen molar-refractivity contribution in [2.45, 2.75) is 19.8 Å². The molecule has 0 saturated heterocycles. The van der Waals surface area contributed by atoms with Gasteiger partial charge in [0.05, 0.1) is 19.7 Å². The first kappa shape index (κ1) is 18.1. The Bertz CT molecular complexity index is 795. The van der Waals surface area contributed by atoms with Crippen LogP contribution in [0.25, 0.3) is 22.0 Å². The summed E-state index contributed by atoms with van der Waals surface area (Å²) in [6.45, 7) is 2.15. The van der Waals surface area contributed by atoms with Gasteiger partial charge in [-0.3, -0.25) is 4.98 Å². The number of aromatic nitrogens is 1. The molecule has 0 radical (unpaired) electrons. The van der Waals surface area contributed by atoms with Gasteiger partial charge in [-0.2, -0.15) is 0 Å². The van der Waals surface area contributed by atoms with Crippen molar-refractivity contribution in [3.63, 3.8) is 0 Å². The minimum atomic E-state index is 0. The smallest absolute Gasteiger partial charge is 0.162 e. The molecule has 4 heteroatoms. The summed E-state index contributed by atoms with van der Waals surface area (Å²) in [7, 11) is 3.28. The molecule has 1 aromatic heterocycles. The predicted octanol–water partition coefficient (Wildman–Crippen LogP) is 5.29. The van der Waals surface area contributed by atoms with E-state index in [9.17, 15) is 0 Å². The van der Waals surface area contributed by atoms with Crippen molar-refractivity contribution in [1.82, 2.24) is 4.98 Å². The van der Waals surface area contributed by atoms with Crippen LogP contribution >= 0.6 is 12.4 Å².